The van der Waals surface area contributed by atoms with E-state index < -0.39 is 0 Å². The monoisotopic (exact) mass is 343 g/mol. The van der Waals surface area contributed by atoms with Gasteiger partial charge in [-0.05, 0) is 55.9 Å². The molecular weight excluding hydrogens is 322 g/mol. The molecule has 0 saturated carbocycles. The fraction of sp³-hybridized carbons (Fsp3) is 0.538. The van der Waals surface area contributed by atoms with Gasteiger partial charge >= 0.3 is 0 Å². The van der Waals surface area contributed by atoms with E-state index in [4.69, 9.17) is 5.84 Å². The first kappa shape index (κ1) is 16.9. The predicted molar refractivity (Wildman–Crippen MR) is 84.5 cm³/mol. The van der Waals surface area contributed by atoms with E-state index >= 15 is 0 Å². The number of halogens is 1. The van der Waals surface area contributed by atoms with E-state index in [0.717, 1.165) is 17.4 Å². The zero-order valence-corrected chi connectivity index (χ0v) is 13.7. The minimum atomic E-state index is -0.182. The number of nitrogens with one attached hydrogen (secondary N) is 2. The van der Waals surface area contributed by atoms with Crippen LogP contribution in [0.5, 0.6) is 0 Å². The minimum absolute atomic E-state index is 0.182. The lowest BCUT2D eigenvalue weighted by Gasteiger charge is -2.20. The van der Waals surface area contributed by atoms with Gasteiger partial charge in [0.25, 0.3) is 5.91 Å². The first-order valence-corrected chi connectivity index (χ1v) is 7.35. The SMILES string of the molecule is CC(C)N(C)CCCNC(=O)c1cc(Br)cnc1NN. The summed E-state index contributed by atoms with van der Waals surface area (Å²) in [5.74, 6) is 5.54. The summed E-state index contributed by atoms with van der Waals surface area (Å²) >= 11 is 3.29. The van der Waals surface area contributed by atoms with Gasteiger partial charge in [-0.1, -0.05) is 0 Å². The first-order valence-electron chi connectivity index (χ1n) is 6.56. The van der Waals surface area contributed by atoms with Crippen LogP contribution >= 0.6 is 15.9 Å². The van der Waals surface area contributed by atoms with Crippen LogP contribution in [-0.4, -0.2) is 42.0 Å². The van der Waals surface area contributed by atoms with Crippen molar-refractivity contribution in [2.75, 3.05) is 25.6 Å². The molecule has 0 saturated heterocycles. The Morgan fingerprint density at radius 1 is 1.55 bits per heavy atom. The number of hydrogen-bond donors (Lipinski definition) is 3. The van der Waals surface area contributed by atoms with Crippen LogP contribution in [0.15, 0.2) is 16.7 Å². The fourth-order valence-electron chi connectivity index (χ4n) is 1.61. The van der Waals surface area contributed by atoms with Gasteiger partial charge in [0.1, 0.15) is 0 Å². The molecule has 0 aliphatic rings. The average Bonchev–Trinajstić information content (AvgIpc) is 2.42. The Labute approximate surface area is 128 Å². The molecule has 0 atom stereocenters. The standard InChI is InChI=1S/C13H22BrN5O/c1-9(2)19(3)6-4-5-16-13(20)11-7-10(14)8-17-12(11)18-15/h7-9H,4-6,15H2,1-3H3,(H,16,20)(H,17,18). The molecule has 7 heteroatoms. The lowest BCUT2D eigenvalue weighted by atomic mass is 10.2. The molecular formula is C13H22BrN5O. The number of hydrogen-bond acceptors (Lipinski definition) is 5. The Balaban J connectivity index is 2.49. The summed E-state index contributed by atoms with van der Waals surface area (Å²) in [6, 6.07) is 2.20. The number of hydrazine groups is 1. The highest BCUT2D eigenvalue weighted by molar-refractivity contribution is 9.10. The third-order valence-corrected chi connectivity index (χ3v) is 3.52. The zero-order chi connectivity index (χ0) is 15.1. The smallest absolute Gasteiger partial charge is 0.255 e. The van der Waals surface area contributed by atoms with E-state index in [1.54, 1.807) is 12.3 Å². The maximum absolute atomic E-state index is 12.1. The molecule has 0 aliphatic heterocycles. The summed E-state index contributed by atoms with van der Waals surface area (Å²) in [7, 11) is 2.07. The van der Waals surface area contributed by atoms with Crippen LogP contribution < -0.4 is 16.6 Å². The van der Waals surface area contributed by atoms with Gasteiger partial charge in [-0.2, -0.15) is 0 Å². The topological polar surface area (TPSA) is 83.3 Å². The molecule has 0 aromatic carbocycles. The van der Waals surface area contributed by atoms with Gasteiger partial charge in [-0.25, -0.2) is 10.8 Å². The molecule has 1 rings (SSSR count). The Hall–Kier alpha value is -1.18. The molecule has 0 bridgehead atoms. The molecule has 0 spiro atoms. The van der Waals surface area contributed by atoms with Crippen molar-refractivity contribution in [1.82, 2.24) is 15.2 Å². The van der Waals surface area contributed by atoms with Crippen molar-refractivity contribution in [2.24, 2.45) is 5.84 Å². The molecule has 20 heavy (non-hydrogen) atoms. The highest BCUT2D eigenvalue weighted by Gasteiger charge is 2.12. The summed E-state index contributed by atoms with van der Waals surface area (Å²) in [6.07, 6.45) is 2.48. The lowest BCUT2D eigenvalue weighted by molar-refractivity contribution is 0.0952. The van der Waals surface area contributed by atoms with Crippen molar-refractivity contribution in [3.8, 4) is 0 Å². The highest BCUT2D eigenvalue weighted by Crippen LogP contribution is 2.17. The van der Waals surface area contributed by atoms with Crippen molar-refractivity contribution >= 4 is 27.7 Å². The second-order valence-corrected chi connectivity index (χ2v) is 5.79. The number of nitrogens with two attached hydrogens (primary N) is 1. The van der Waals surface area contributed by atoms with Crippen LogP contribution in [-0.2, 0) is 0 Å². The quantitative estimate of drug-likeness (QED) is 0.397. The third-order valence-electron chi connectivity index (χ3n) is 3.09. The summed E-state index contributed by atoms with van der Waals surface area (Å²) in [5, 5.41) is 2.87. The highest BCUT2D eigenvalue weighted by atomic mass is 79.9. The van der Waals surface area contributed by atoms with Gasteiger partial charge in [-0.3, -0.25) is 4.79 Å². The summed E-state index contributed by atoms with van der Waals surface area (Å²) in [6.45, 7) is 5.85. The zero-order valence-electron chi connectivity index (χ0n) is 12.1. The molecule has 6 nitrogen and oxygen atoms in total. The fourth-order valence-corrected chi connectivity index (χ4v) is 1.94. The van der Waals surface area contributed by atoms with Gasteiger partial charge in [0, 0.05) is 23.3 Å². The van der Waals surface area contributed by atoms with E-state index in [2.05, 4.69) is 57.5 Å². The molecule has 1 aromatic heterocycles. The molecule has 0 aliphatic carbocycles. The second-order valence-electron chi connectivity index (χ2n) is 4.88. The number of carbonyl (C=O) groups is 1. The number of nitrogens with zero attached hydrogens (tertiary/aromatic N) is 2. The minimum Gasteiger partial charge on any atom is -0.352 e. The number of nitrogen functional groups attached to an aromatic ring is 1. The predicted octanol–water partition coefficient (Wildman–Crippen LogP) is 1.59. The molecule has 0 radical (unpaired) electrons. The van der Waals surface area contributed by atoms with E-state index in [9.17, 15) is 4.79 Å². The average molecular weight is 344 g/mol. The van der Waals surface area contributed by atoms with Crippen LogP contribution in [0.25, 0.3) is 0 Å². The Bertz CT molecular complexity index is 452. The van der Waals surface area contributed by atoms with E-state index in [-0.39, 0.29) is 5.91 Å². The van der Waals surface area contributed by atoms with Crippen LogP contribution in [0.4, 0.5) is 5.82 Å². The molecule has 112 valence electrons. The first-order chi connectivity index (χ1) is 9.45. The van der Waals surface area contributed by atoms with Gasteiger partial charge in [0.05, 0.1) is 5.56 Å². The van der Waals surface area contributed by atoms with Gasteiger partial charge in [0.2, 0.25) is 0 Å². The van der Waals surface area contributed by atoms with Gasteiger partial charge in [-0.15, -0.1) is 0 Å². The number of aromatic nitrogens is 1. The van der Waals surface area contributed by atoms with Crippen LogP contribution in [0.2, 0.25) is 0 Å². The second kappa shape index (κ2) is 8.18. The van der Waals surface area contributed by atoms with Crippen molar-refractivity contribution < 1.29 is 4.79 Å². The van der Waals surface area contributed by atoms with Gasteiger partial charge < -0.3 is 15.6 Å². The molecule has 1 heterocycles. The van der Waals surface area contributed by atoms with E-state index in [0.29, 0.717) is 24.0 Å². The maximum Gasteiger partial charge on any atom is 0.255 e. The maximum atomic E-state index is 12.1. The largest absolute Gasteiger partial charge is 0.352 e. The van der Waals surface area contributed by atoms with Crippen LogP contribution in [0, 0.1) is 0 Å². The number of anilines is 1. The normalized spacial score (nSPS) is 10.9. The van der Waals surface area contributed by atoms with Crippen molar-refractivity contribution in [3.63, 3.8) is 0 Å². The number of amides is 1. The number of pyridine rings is 1. The van der Waals surface area contributed by atoms with Crippen molar-refractivity contribution in [2.45, 2.75) is 26.3 Å². The van der Waals surface area contributed by atoms with E-state index in [1.165, 1.54) is 0 Å². The van der Waals surface area contributed by atoms with Gasteiger partial charge in [0.15, 0.2) is 5.82 Å². The van der Waals surface area contributed by atoms with Crippen molar-refractivity contribution in [3.05, 3.63) is 22.3 Å². The molecule has 1 amide bonds. The third kappa shape index (κ3) is 5.07. The lowest BCUT2D eigenvalue weighted by Crippen LogP contribution is -2.31. The molecule has 1 aromatic rings. The Morgan fingerprint density at radius 3 is 2.85 bits per heavy atom. The number of carbonyl (C=O) groups excluding carboxylic acids is 1. The molecule has 0 fully saturated rings. The van der Waals surface area contributed by atoms with Crippen LogP contribution in [0.1, 0.15) is 30.6 Å². The summed E-state index contributed by atoms with van der Waals surface area (Å²) < 4.78 is 0.737. The van der Waals surface area contributed by atoms with Crippen molar-refractivity contribution in [1.29, 1.82) is 0 Å². The Morgan fingerprint density at radius 2 is 2.25 bits per heavy atom. The summed E-state index contributed by atoms with van der Waals surface area (Å²) in [4.78, 5) is 18.4. The van der Waals surface area contributed by atoms with Crippen LogP contribution in [0.3, 0.4) is 0 Å². The van der Waals surface area contributed by atoms with E-state index in [1.807, 2.05) is 0 Å². The summed E-state index contributed by atoms with van der Waals surface area (Å²) in [5.41, 5.74) is 2.86. The Kier molecular flexibility index (Phi) is 6.90. The molecule has 4 N–H and O–H groups in total. The molecule has 0 unspecified atom stereocenters. The number of rotatable bonds is 7.